The number of thioether (sulfide) groups is 1. The van der Waals surface area contributed by atoms with Crippen molar-refractivity contribution in [1.82, 2.24) is 0 Å². The third-order valence-electron chi connectivity index (χ3n) is 3.40. The Bertz CT molecular complexity index is 650. The van der Waals surface area contributed by atoms with Crippen LogP contribution in [0.4, 0.5) is 4.39 Å². The summed E-state index contributed by atoms with van der Waals surface area (Å²) in [7, 11) is 0. The minimum Gasteiger partial charge on any atom is -0.486 e. The lowest BCUT2D eigenvalue weighted by Crippen LogP contribution is -2.37. The van der Waals surface area contributed by atoms with Gasteiger partial charge in [0.15, 0.2) is 0 Å². The van der Waals surface area contributed by atoms with Gasteiger partial charge in [0.2, 0.25) is 0 Å². The van der Waals surface area contributed by atoms with Crippen LogP contribution in [0.25, 0.3) is 0 Å². The van der Waals surface area contributed by atoms with Crippen LogP contribution in [-0.4, -0.2) is 23.1 Å². The molecule has 0 saturated carbocycles. The molecule has 21 heavy (non-hydrogen) atoms. The van der Waals surface area contributed by atoms with Gasteiger partial charge in [-0.2, -0.15) is 0 Å². The second-order valence-corrected chi connectivity index (χ2v) is 6.39. The predicted octanol–water partition coefficient (Wildman–Crippen LogP) is 3.94. The number of hydrogen-bond acceptors (Lipinski definition) is 3. The van der Waals surface area contributed by atoms with E-state index in [4.69, 9.17) is 16.3 Å². The molecule has 1 aliphatic rings. The molecule has 0 aliphatic carbocycles. The molecule has 2 nitrogen and oxygen atoms in total. The largest absolute Gasteiger partial charge is 0.486 e. The summed E-state index contributed by atoms with van der Waals surface area (Å²) < 4.78 is 19.1. The SMILES string of the molecule is OC(Cc1cc(F)ccc1Cl)C1CSc2ccccc2O1. The summed E-state index contributed by atoms with van der Waals surface area (Å²) in [6.07, 6.45) is -0.793. The third kappa shape index (κ3) is 3.34. The van der Waals surface area contributed by atoms with Crippen molar-refractivity contribution in [2.45, 2.75) is 23.5 Å². The lowest BCUT2D eigenvalue weighted by molar-refractivity contribution is 0.0468. The van der Waals surface area contributed by atoms with Crippen LogP contribution in [0.3, 0.4) is 0 Å². The van der Waals surface area contributed by atoms with Gasteiger partial charge in [-0.15, -0.1) is 11.8 Å². The molecule has 2 aromatic carbocycles. The molecule has 0 aromatic heterocycles. The van der Waals surface area contributed by atoms with E-state index in [0.717, 1.165) is 10.6 Å². The molecule has 1 heterocycles. The van der Waals surface area contributed by atoms with Gasteiger partial charge in [0, 0.05) is 22.1 Å². The molecule has 2 atom stereocenters. The van der Waals surface area contributed by atoms with Crippen molar-refractivity contribution < 1.29 is 14.2 Å². The maximum Gasteiger partial charge on any atom is 0.134 e. The van der Waals surface area contributed by atoms with Gasteiger partial charge in [-0.3, -0.25) is 0 Å². The van der Waals surface area contributed by atoms with Gasteiger partial charge in [-0.05, 0) is 35.9 Å². The highest BCUT2D eigenvalue weighted by atomic mass is 35.5. The van der Waals surface area contributed by atoms with Crippen LogP contribution in [0.5, 0.6) is 5.75 Å². The maximum absolute atomic E-state index is 13.3. The van der Waals surface area contributed by atoms with Crippen LogP contribution in [0.15, 0.2) is 47.4 Å². The molecule has 1 N–H and O–H groups in total. The molecule has 0 radical (unpaired) electrons. The van der Waals surface area contributed by atoms with Crippen molar-refractivity contribution >= 4 is 23.4 Å². The Labute approximate surface area is 131 Å². The standard InChI is InChI=1S/C16H14ClFO2S/c17-12-6-5-11(18)7-10(12)8-13(19)15-9-21-16-4-2-1-3-14(16)20-15/h1-7,13,15,19H,8-9H2. The van der Waals surface area contributed by atoms with Crippen molar-refractivity contribution in [2.75, 3.05) is 5.75 Å². The molecule has 3 rings (SSSR count). The van der Waals surface area contributed by atoms with Gasteiger partial charge in [-0.1, -0.05) is 23.7 Å². The number of ether oxygens (including phenoxy) is 1. The lowest BCUT2D eigenvalue weighted by Gasteiger charge is -2.29. The van der Waals surface area contributed by atoms with Crippen molar-refractivity contribution in [3.8, 4) is 5.75 Å². The number of hydrogen-bond donors (Lipinski definition) is 1. The summed E-state index contributed by atoms with van der Waals surface area (Å²) in [4.78, 5) is 1.07. The van der Waals surface area contributed by atoms with Gasteiger partial charge >= 0.3 is 0 Å². The summed E-state index contributed by atoms with van der Waals surface area (Å²) in [6, 6.07) is 11.9. The van der Waals surface area contributed by atoms with E-state index in [2.05, 4.69) is 0 Å². The minimum atomic E-state index is -0.731. The topological polar surface area (TPSA) is 29.5 Å². The summed E-state index contributed by atoms with van der Waals surface area (Å²) in [5.74, 6) is 1.08. The monoisotopic (exact) mass is 324 g/mol. The van der Waals surface area contributed by atoms with Crippen molar-refractivity contribution in [3.63, 3.8) is 0 Å². The Morgan fingerprint density at radius 3 is 3.00 bits per heavy atom. The van der Waals surface area contributed by atoms with Crippen molar-refractivity contribution in [1.29, 1.82) is 0 Å². The number of halogens is 2. The Balaban J connectivity index is 1.72. The van der Waals surface area contributed by atoms with Crippen LogP contribution in [-0.2, 0) is 6.42 Å². The van der Waals surface area contributed by atoms with E-state index in [1.165, 1.54) is 18.2 Å². The zero-order valence-electron chi connectivity index (χ0n) is 11.1. The Kier molecular flexibility index (Phi) is 4.38. The number of aliphatic hydroxyl groups is 1. The van der Waals surface area contributed by atoms with Gasteiger partial charge in [0.1, 0.15) is 17.7 Å². The Hall–Kier alpha value is -1.23. The summed E-state index contributed by atoms with van der Waals surface area (Å²) in [6.45, 7) is 0. The van der Waals surface area contributed by atoms with Crippen molar-refractivity contribution in [2.24, 2.45) is 0 Å². The van der Waals surface area contributed by atoms with Gasteiger partial charge in [0.25, 0.3) is 0 Å². The van der Waals surface area contributed by atoms with Gasteiger partial charge in [-0.25, -0.2) is 4.39 Å². The molecule has 0 saturated heterocycles. The zero-order valence-corrected chi connectivity index (χ0v) is 12.7. The molecule has 2 aromatic rings. The summed E-state index contributed by atoms with van der Waals surface area (Å²) >= 11 is 7.69. The highest BCUT2D eigenvalue weighted by molar-refractivity contribution is 7.99. The second-order valence-electron chi connectivity index (χ2n) is 4.92. The van der Waals surface area contributed by atoms with Crippen molar-refractivity contribution in [3.05, 3.63) is 58.9 Å². The van der Waals surface area contributed by atoms with E-state index >= 15 is 0 Å². The van der Waals surface area contributed by atoms with Crippen LogP contribution in [0.2, 0.25) is 5.02 Å². The van der Waals surface area contributed by atoms with E-state index in [0.29, 0.717) is 16.3 Å². The third-order valence-corrected chi connectivity index (χ3v) is 4.91. The average molecular weight is 325 g/mol. The lowest BCUT2D eigenvalue weighted by atomic mass is 10.0. The van der Waals surface area contributed by atoms with E-state index in [1.54, 1.807) is 11.8 Å². The normalized spacial score (nSPS) is 18.7. The van der Waals surface area contributed by atoms with E-state index in [1.807, 2.05) is 24.3 Å². The fraction of sp³-hybridized carbons (Fsp3) is 0.250. The predicted molar refractivity (Wildman–Crippen MR) is 82.7 cm³/mol. The number of aliphatic hydroxyl groups excluding tert-OH is 1. The Morgan fingerprint density at radius 1 is 1.33 bits per heavy atom. The molecule has 0 bridgehead atoms. The van der Waals surface area contributed by atoms with Crippen LogP contribution < -0.4 is 4.74 Å². The first-order valence-electron chi connectivity index (χ1n) is 6.64. The highest BCUT2D eigenvalue weighted by Crippen LogP contribution is 2.36. The number of benzene rings is 2. The molecular weight excluding hydrogens is 311 g/mol. The quantitative estimate of drug-likeness (QED) is 0.927. The minimum absolute atomic E-state index is 0.268. The second kappa shape index (κ2) is 6.26. The fourth-order valence-electron chi connectivity index (χ4n) is 2.28. The first kappa shape index (κ1) is 14.7. The summed E-state index contributed by atoms with van der Waals surface area (Å²) in [5.41, 5.74) is 0.594. The molecule has 5 heteroatoms. The van der Waals surface area contributed by atoms with Crippen LogP contribution in [0.1, 0.15) is 5.56 Å². The van der Waals surface area contributed by atoms with Gasteiger partial charge < -0.3 is 9.84 Å². The molecule has 110 valence electrons. The van der Waals surface area contributed by atoms with Crippen LogP contribution >= 0.6 is 23.4 Å². The number of rotatable bonds is 3. The zero-order chi connectivity index (χ0) is 14.8. The molecular formula is C16H14ClFO2S. The molecule has 2 unspecified atom stereocenters. The molecule has 1 aliphatic heterocycles. The highest BCUT2D eigenvalue weighted by Gasteiger charge is 2.27. The molecule has 0 amide bonds. The molecule has 0 spiro atoms. The molecule has 0 fully saturated rings. The fourth-order valence-corrected chi connectivity index (χ4v) is 3.54. The number of fused-ring (bicyclic) bond motifs is 1. The maximum atomic E-state index is 13.3. The van der Waals surface area contributed by atoms with E-state index < -0.39 is 6.10 Å². The first-order valence-corrected chi connectivity index (χ1v) is 8.00. The van der Waals surface area contributed by atoms with Crippen LogP contribution in [0, 0.1) is 5.82 Å². The first-order chi connectivity index (χ1) is 10.1. The smallest absolute Gasteiger partial charge is 0.134 e. The van der Waals surface area contributed by atoms with Gasteiger partial charge in [0.05, 0.1) is 6.10 Å². The average Bonchev–Trinajstić information content (AvgIpc) is 2.50. The Morgan fingerprint density at radius 2 is 2.14 bits per heavy atom. The summed E-state index contributed by atoms with van der Waals surface area (Å²) in [5, 5.41) is 10.8. The van der Waals surface area contributed by atoms with E-state index in [-0.39, 0.29) is 18.3 Å². The van der Waals surface area contributed by atoms with E-state index in [9.17, 15) is 9.50 Å². The number of para-hydroxylation sites is 1.